The predicted molar refractivity (Wildman–Crippen MR) is 88.3 cm³/mol. The van der Waals surface area contributed by atoms with Crippen LogP contribution in [0.5, 0.6) is 0 Å². The Balaban J connectivity index is 3.10. The summed E-state index contributed by atoms with van der Waals surface area (Å²) in [5.74, 6) is -0.316. The van der Waals surface area contributed by atoms with Crippen LogP contribution in [0, 0.1) is 0 Å². The van der Waals surface area contributed by atoms with Crippen molar-refractivity contribution < 1.29 is 14.6 Å². The Morgan fingerprint density at radius 1 is 0.857 bits per heavy atom. The summed E-state index contributed by atoms with van der Waals surface area (Å²) >= 11 is 0. The van der Waals surface area contributed by atoms with Gasteiger partial charge >= 0.3 is 5.97 Å². The Morgan fingerprint density at radius 2 is 1.29 bits per heavy atom. The second kappa shape index (κ2) is 15.8. The lowest BCUT2D eigenvalue weighted by Crippen LogP contribution is -2.17. The van der Waals surface area contributed by atoms with E-state index in [0.717, 1.165) is 12.8 Å². The minimum absolute atomic E-state index is 0.146. The summed E-state index contributed by atoms with van der Waals surface area (Å²) in [6, 6.07) is 0. The number of aliphatic hydroxyl groups excluding tert-OH is 1. The van der Waals surface area contributed by atoms with Crippen LogP contribution in [0.25, 0.3) is 0 Å². The maximum absolute atomic E-state index is 10.6. The summed E-state index contributed by atoms with van der Waals surface area (Å²) in [5.41, 5.74) is 0. The van der Waals surface area contributed by atoms with E-state index in [1.165, 1.54) is 77.6 Å². The molecule has 1 N–H and O–H groups in total. The van der Waals surface area contributed by atoms with Gasteiger partial charge in [0.15, 0.2) is 0 Å². The molecule has 0 amide bonds. The van der Waals surface area contributed by atoms with Crippen LogP contribution in [0.3, 0.4) is 0 Å². The molecule has 126 valence electrons. The molecule has 1 unspecified atom stereocenters. The van der Waals surface area contributed by atoms with Crippen LogP contribution < -0.4 is 0 Å². The van der Waals surface area contributed by atoms with Crippen LogP contribution in [-0.2, 0) is 9.53 Å². The summed E-state index contributed by atoms with van der Waals surface area (Å²) < 4.78 is 4.77. The van der Waals surface area contributed by atoms with E-state index in [2.05, 4.69) is 6.92 Å². The van der Waals surface area contributed by atoms with Gasteiger partial charge in [-0.3, -0.25) is 4.79 Å². The first kappa shape index (κ1) is 20.4. The van der Waals surface area contributed by atoms with Gasteiger partial charge in [-0.15, -0.1) is 0 Å². The van der Waals surface area contributed by atoms with E-state index in [-0.39, 0.29) is 12.6 Å². The molecule has 0 saturated heterocycles. The monoisotopic (exact) mass is 300 g/mol. The number of unbranched alkanes of at least 4 members (excludes halogenated alkanes) is 11. The SMILES string of the molecule is CCCCCCCCCCCCCCC(O)COC(C)=O. The van der Waals surface area contributed by atoms with E-state index in [9.17, 15) is 9.90 Å². The zero-order valence-corrected chi connectivity index (χ0v) is 14.2. The van der Waals surface area contributed by atoms with E-state index in [1.54, 1.807) is 0 Å². The summed E-state index contributed by atoms with van der Waals surface area (Å²) in [6.07, 6.45) is 16.1. The highest BCUT2D eigenvalue weighted by Gasteiger charge is 2.05. The lowest BCUT2D eigenvalue weighted by Gasteiger charge is -2.09. The molecule has 3 nitrogen and oxygen atoms in total. The number of esters is 1. The van der Waals surface area contributed by atoms with Crippen LogP contribution in [-0.4, -0.2) is 23.8 Å². The molecule has 0 aromatic heterocycles. The highest BCUT2D eigenvalue weighted by molar-refractivity contribution is 5.65. The molecule has 0 aromatic carbocycles. The average molecular weight is 300 g/mol. The van der Waals surface area contributed by atoms with Gasteiger partial charge in [0.1, 0.15) is 6.61 Å². The van der Waals surface area contributed by atoms with Gasteiger partial charge in [-0.2, -0.15) is 0 Å². The molecule has 1 atom stereocenters. The molecule has 21 heavy (non-hydrogen) atoms. The van der Waals surface area contributed by atoms with Crippen LogP contribution in [0.1, 0.15) is 97.3 Å². The normalized spacial score (nSPS) is 12.3. The Hall–Kier alpha value is -0.570. The zero-order chi connectivity index (χ0) is 15.8. The van der Waals surface area contributed by atoms with Crippen molar-refractivity contribution in [2.24, 2.45) is 0 Å². The molecule has 0 fully saturated rings. The largest absolute Gasteiger partial charge is 0.463 e. The molecule has 0 rings (SSSR count). The van der Waals surface area contributed by atoms with Crippen molar-refractivity contribution in [2.75, 3.05) is 6.61 Å². The van der Waals surface area contributed by atoms with Crippen molar-refractivity contribution >= 4 is 5.97 Å². The van der Waals surface area contributed by atoms with Gasteiger partial charge in [0.2, 0.25) is 0 Å². The average Bonchev–Trinajstić information content (AvgIpc) is 2.46. The fourth-order valence-electron chi connectivity index (χ4n) is 2.52. The summed E-state index contributed by atoms with van der Waals surface area (Å²) in [5, 5.41) is 9.58. The first-order chi connectivity index (χ1) is 10.2. The molecule has 0 spiro atoms. The maximum Gasteiger partial charge on any atom is 0.302 e. The fraction of sp³-hybridized carbons (Fsp3) is 0.944. The van der Waals surface area contributed by atoms with Gasteiger partial charge in [0.25, 0.3) is 0 Å². The van der Waals surface area contributed by atoms with Gasteiger partial charge in [0.05, 0.1) is 6.10 Å². The lowest BCUT2D eigenvalue weighted by molar-refractivity contribution is -0.144. The molecule has 0 aliphatic heterocycles. The summed E-state index contributed by atoms with van der Waals surface area (Å²) in [6.45, 7) is 3.78. The Bertz CT molecular complexity index is 229. The predicted octanol–water partition coefficient (Wildman–Crippen LogP) is 5.00. The van der Waals surface area contributed by atoms with E-state index < -0.39 is 6.10 Å². The van der Waals surface area contributed by atoms with E-state index >= 15 is 0 Å². The molecule has 0 saturated carbocycles. The maximum atomic E-state index is 10.6. The Kier molecular flexibility index (Phi) is 15.4. The van der Waals surface area contributed by atoms with Gasteiger partial charge in [-0.25, -0.2) is 0 Å². The number of ether oxygens (including phenoxy) is 1. The van der Waals surface area contributed by atoms with Gasteiger partial charge in [-0.05, 0) is 6.42 Å². The highest BCUT2D eigenvalue weighted by Crippen LogP contribution is 2.13. The highest BCUT2D eigenvalue weighted by atomic mass is 16.5. The van der Waals surface area contributed by atoms with Crippen LogP contribution in [0.2, 0.25) is 0 Å². The van der Waals surface area contributed by atoms with Crippen molar-refractivity contribution in [3.05, 3.63) is 0 Å². The van der Waals surface area contributed by atoms with Crippen molar-refractivity contribution in [3.8, 4) is 0 Å². The van der Waals surface area contributed by atoms with Crippen LogP contribution in [0.15, 0.2) is 0 Å². The number of aliphatic hydroxyl groups is 1. The van der Waals surface area contributed by atoms with Crippen molar-refractivity contribution in [2.45, 2.75) is 103 Å². The standard InChI is InChI=1S/C18H36O3/c1-3-4-5-6-7-8-9-10-11-12-13-14-15-18(20)16-21-17(2)19/h18,20H,3-16H2,1-2H3. The molecular weight excluding hydrogens is 264 g/mol. The minimum atomic E-state index is -0.489. The number of rotatable bonds is 15. The third-order valence-electron chi connectivity index (χ3n) is 3.87. The van der Waals surface area contributed by atoms with Crippen molar-refractivity contribution in [1.29, 1.82) is 0 Å². The number of hydrogen-bond acceptors (Lipinski definition) is 3. The van der Waals surface area contributed by atoms with Crippen molar-refractivity contribution in [1.82, 2.24) is 0 Å². The van der Waals surface area contributed by atoms with Crippen molar-refractivity contribution in [3.63, 3.8) is 0 Å². The lowest BCUT2D eigenvalue weighted by atomic mass is 10.0. The molecular formula is C18H36O3. The van der Waals surface area contributed by atoms with Gasteiger partial charge in [-0.1, -0.05) is 84.0 Å². The second-order valence-electron chi connectivity index (χ2n) is 6.13. The Morgan fingerprint density at radius 3 is 1.71 bits per heavy atom. The molecule has 0 heterocycles. The minimum Gasteiger partial charge on any atom is -0.463 e. The van der Waals surface area contributed by atoms with Gasteiger partial charge < -0.3 is 9.84 Å². The molecule has 0 radical (unpaired) electrons. The number of hydrogen-bond donors (Lipinski definition) is 1. The first-order valence-corrected chi connectivity index (χ1v) is 8.98. The summed E-state index contributed by atoms with van der Waals surface area (Å²) in [7, 11) is 0. The number of carbonyl (C=O) groups excluding carboxylic acids is 1. The first-order valence-electron chi connectivity index (χ1n) is 8.98. The summed E-state index contributed by atoms with van der Waals surface area (Å²) in [4.78, 5) is 10.6. The smallest absolute Gasteiger partial charge is 0.302 e. The quantitative estimate of drug-likeness (QED) is 0.342. The third-order valence-corrected chi connectivity index (χ3v) is 3.87. The number of carbonyl (C=O) groups is 1. The Labute approximate surface area is 131 Å². The van der Waals surface area contributed by atoms with Crippen LogP contribution >= 0.6 is 0 Å². The molecule has 0 aliphatic carbocycles. The molecule has 0 aromatic rings. The zero-order valence-electron chi connectivity index (χ0n) is 14.2. The van der Waals surface area contributed by atoms with Gasteiger partial charge in [0, 0.05) is 6.92 Å². The van der Waals surface area contributed by atoms with E-state index in [1.807, 2.05) is 0 Å². The molecule has 0 aliphatic rings. The third kappa shape index (κ3) is 17.4. The topological polar surface area (TPSA) is 46.5 Å². The fourth-order valence-corrected chi connectivity index (χ4v) is 2.52. The van der Waals surface area contributed by atoms with Crippen LogP contribution in [0.4, 0.5) is 0 Å². The van der Waals surface area contributed by atoms with E-state index in [0.29, 0.717) is 0 Å². The molecule has 3 heteroatoms. The molecule has 0 bridgehead atoms. The van der Waals surface area contributed by atoms with E-state index in [4.69, 9.17) is 4.74 Å². The second-order valence-corrected chi connectivity index (χ2v) is 6.13.